The highest BCUT2D eigenvalue weighted by molar-refractivity contribution is 9.10. The van der Waals surface area contributed by atoms with E-state index in [0.29, 0.717) is 30.2 Å². The molecule has 2 amide bonds. The van der Waals surface area contributed by atoms with Crippen LogP contribution in [0.2, 0.25) is 0 Å². The van der Waals surface area contributed by atoms with Gasteiger partial charge in [0.15, 0.2) is 11.5 Å². The Morgan fingerprint density at radius 3 is 2.26 bits per heavy atom. The van der Waals surface area contributed by atoms with Crippen LogP contribution in [0.5, 0.6) is 11.5 Å². The Morgan fingerprint density at radius 1 is 1.04 bits per heavy atom. The number of hydrogen-bond donors (Lipinski definition) is 2. The highest BCUT2D eigenvalue weighted by atomic mass is 79.9. The monoisotopic (exact) mass is 434 g/mol. The molecule has 0 unspecified atom stereocenters. The van der Waals surface area contributed by atoms with Crippen LogP contribution in [0.25, 0.3) is 0 Å². The molecule has 0 saturated carbocycles. The minimum absolute atomic E-state index is 0.0566. The number of anilines is 1. The Kier molecular flexibility index (Phi) is 7.67. The van der Waals surface area contributed by atoms with Crippen LogP contribution < -0.4 is 20.1 Å². The van der Waals surface area contributed by atoms with Crippen LogP contribution in [0.15, 0.2) is 40.9 Å². The first-order valence-corrected chi connectivity index (χ1v) is 9.26. The summed E-state index contributed by atoms with van der Waals surface area (Å²) in [4.78, 5) is 23.2. The first-order chi connectivity index (χ1) is 12.9. The van der Waals surface area contributed by atoms with Crippen LogP contribution in [-0.4, -0.2) is 32.6 Å². The van der Waals surface area contributed by atoms with E-state index in [4.69, 9.17) is 9.47 Å². The molecule has 0 aliphatic rings. The van der Waals surface area contributed by atoms with E-state index in [2.05, 4.69) is 26.6 Å². The van der Waals surface area contributed by atoms with Gasteiger partial charge < -0.3 is 20.1 Å². The zero-order valence-electron chi connectivity index (χ0n) is 15.6. The molecule has 0 aliphatic carbocycles. The summed E-state index contributed by atoms with van der Waals surface area (Å²) in [5, 5.41) is 5.62. The van der Waals surface area contributed by atoms with E-state index >= 15 is 0 Å². The van der Waals surface area contributed by atoms with Gasteiger partial charge in [-0.05, 0) is 41.8 Å². The van der Waals surface area contributed by atoms with Crippen molar-refractivity contribution in [3.8, 4) is 11.5 Å². The Labute approximate surface area is 167 Å². The van der Waals surface area contributed by atoms with Crippen LogP contribution in [0.1, 0.15) is 18.1 Å². The second kappa shape index (κ2) is 9.97. The minimum Gasteiger partial charge on any atom is -0.493 e. The molecule has 0 radical (unpaired) electrons. The molecule has 0 bridgehead atoms. The molecule has 7 heteroatoms. The van der Waals surface area contributed by atoms with Crippen LogP contribution in [0.4, 0.5) is 5.69 Å². The Hall–Kier alpha value is -2.54. The lowest BCUT2D eigenvalue weighted by Gasteiger charge is -2.12. The van der Waals surface area contributed by atoms with Crippen molar-refractivity contribution in [2.75, 3.05) is 26.1 Å². The third kappa shape index (κ3) is 6.29. The molecule has 0 fully saturated rings. The molecule has 0 aliphatic heterocycles. The largest absolute Gasteiger partial charge is 0.493 e. The molecule has 0 spiro atoms. The van der Waals surface area contributed by atoms with Gasteiger partial charge in [0.25, 0.3) is 0 Å². The van der Waals surface area contributed by atoms with E-state index in [9.17, 15) is 9.59 Å². The van der Waals surface area contributed by atoms with E-state index in [1.54, 1.807) is 26.4 Å². The quantitative estimate of drug-likeness (QED) is 0.667. The normalized spacial score (nSPS) is 10.2. The third-order valence-corrected chi connectivity index (χ3v) is 4.65. The Balaban J connectivity index is 1.86. The number of benzene rings is 2. The number of hydrogen-bond acceptors (Lipinski definition) is 4. The zero-order valence-corrected chi connectivity index (χ0v) is 17.2. The van der Waals surface area contributed by atoms with Crippen LogP contribution >= 0.6 is 15.9 Å². The van der Waals surface area contributed by atoms with E-state index < -0.39 is 0 Å². The van der Waals surface area contributed by atoms with Crippen molar-refractivity contribution in [2.24, 2.45) is 0 Å². The van der Waals surface area contributed by atoms with Gasteiger partial charge >= 0.3 is 0 Å². The average Bonchev–Trinajstić information content (AvgIpc) is 2.63. The maximum atomic E-state index is 12.1. The highest BCUT2D eigenvalue weighted by Gasteiger charge is 2.10. The lowest BCUT2D eigenvalue weighted by Crippen LogP contribution is -2.27. The number of carbonyl (C=O) groups excluding carboxylic acids is 2. The second-order valence-electron chi connectivity index (χ2n) is 5.95. The summed E-state index contributed by atoms with van der Waals surface area (Å²) < 4.78 is 11.5. The van der Waals surface area contributed by atoms with E-state index in [1.165, 1.54) is 6.92 Å². The average molecular weight is 435 g/mol. The molecule has 2 aromatic rings. The van der Waals surface area contributed by atoms with Crippen molar-refractivity contribution >= 4 is 33.4 Å². The number of halogens is 1. The zero-order chi connectivity index (χ0) is 19.8. The summed E-state index contributed by atoms with van der Waals surface area (Å²) in [5.41, 5.74) is 2.62. The molecule has 2 N–H and O–H groups in total. The van der Waals surface area contributed by atoms with E-state index in [-0.39, 0.29) is 18.2 Å². The van der Waals surface area contributed by atoms with Gasteiger partial charge in [0.1, 0.15) is 0 Å². The summed E-state index contributed by atoms with van der Waals surface area (Å²) >= 11 is 3.52. The fraction of sp³-hybridized carbons (Fsp3) is 0.300. The molecule has 0 heterocycles. The van der Waals surface area contributed by atoms with Gasteiger partial charge in [0.05, 0.1) is 20.6 Å². The van der Waals surface area contributed by atoms with Crippen LogP contribution in [0.3, 0.4) is 0 Å². The number of ether oxygens (including phenoxy) is 2. The molecular weight excluding hydrogens is 412 g/mol. The van der Waals surface area contributed by atoms with Gasteiger partial charge in [-0.25, -0.2) is 0 Å². The first-order valence-electron chi connectivity index (χ1n) is 8.46. The van der Waals surface area contributed by atoms with Crippen LogP contribution in [-0.2, 0) is 22.4 Å². The fourth-order valence-corrected chi connectivity index (χ4v) is 3.10. The Bertz CT molecular complexity index is 806. The first kappa shape index (κ1) is 20.8. The van der Waals surface area contributed by atoms with Gasteiger partial charge in [-0.3, -0.25) is 9.59 Å². The maximum absolute atomic E-state index is 12.1. The van der Waals surface area contributed by atoms with Crippen molar-refractivity contribution in [1.82, 2.24) is 5.32 Å². The molecule has 2 rings (SSSR count). The van der Waals surface area contributed by atoms with Crippen molar-refractivity contribution in [2.45, 2.75) is 19.8 Å². The van der Waals surface area contributed by atoms with Gasteiger partial charge in [-0.15, -0.1) is 0 Å². The van der Waals surface area contributed by atoms with Crippen molar-refractivity contribution in [1.29, 1.82) is 0 Å². The molecule has 0 saturated heterocycles. The lowest BCUT2D eigenvalue weighted by molar-refractivity contribution is -0.120. The molecule has 144 valence electrons. The molecule has 6 nitrogen and oxygen atoms in total. The number of amides is 2. The summed E-state index contributed by atoms with van der Waals surface area (Å²) in [6.07, 6.45) is 0.946. The topological polar surface area (TPSA) is 76.7 Å². The highest BCUT2D eigenvalue weighted by Crippen LogP contribution is 2.33. The summed E-state index contributed by atoms with van der Waals surface area (Å²) in [7, 11) is 3.18. The molecular formula is C20H23BrN2O4. The second-order valence-corrected chi connectivity index (χ2v) is 6.81. The molecule has 0 aromatic heterocycles. The van der Waals surface area contributed by atoms with E-state index in [0.717, 1.165) is 15.6 Å². The van der Waals surface area contributed by atoms with E-state index in [1.807, 2.05) is 24.3 Å². The lowest BCUT2D eigenvalue weighted by atomic mass is 10.1. The Morgan fingerprint density at radius 2 is 1.67 bits per heavy atom. The minimum atomic E-state index is -0.123. The predicted octanol–water partition coefficient (Wildman–Crippen LogP) is 3.33. The van der Waals surface area contributed by atoms with Gasteiger partial charge in [-0.2, -0.15) is 0 Å². The summed E-state index contributed by atoms with van der Waals surface area (Å²) in [6, 6.07) is 11.0. The van der Waals surface area contributed by atoms with Gasteiger partial charge in [-0.1, -0.05) is 28.1 Å². The number of methoxy groups -OCH3 is 2. The number of nitrogens with one attached hydrogen (secondary N) is 2. The summed E-state index contributed by atoms with van der Waals surface area (Å²) in [6.45, 7) is 1.97. The molecule has 27 heavy (non-hydrogen) atoms. The van der Waals surface area contributed by atoms with Crippen molar-refractivity contribution < 1.29 is 19.1 Å². The molecule has 0 atom stereocenters. The maximum Gasteiger partial charge on any atom is 0.224 e. The summed E-state index contributed by atoms with van der Waals surface area (Å²) in [5.74, 6) is 1.13. The van der Waals surface area contributed by atoms with Gasteiger partial charge in [0, 0.05) is 23.6 Å². The number of rotatable bonds is 8. The van der Waals surface area contributed by atoms with Gasteiger partial charge in [0.2, 0.25) is 11.8 Å². The number of carbonyl (C=O) groups is 2. The fourth-order valence-electron chi connectivity index (χ4n) is 2.58. The SMILES string of the molecule is COc1cc(Br)c(CCNC(=O)Cc2ccc(NC(C)=O)cc2)cc1OC. The predicted molar refractivity (Wildman–Crippen MR) is 108 cm³/mol. The third-order valence-electron chi connectivity index (χ3n) is 3.91. The smallest absolute Gasteiger partial charge is 0.224 e. The molecule has 2 aromatic carbocycles. The van der Waals surface area contributed by atoms with Crippen molar-refractivity contribution in [3.63, 3.8) is 0 Å². The standard InChI is InChI=1S/C20H23BrN2O4/c1-13(24)23-16-6-4-14(5-7-16)10-20(25)22-9-8-15-11-18(26-2)19(27-3)12-17(15)21/h4-7,11-12H,8-10H2,1-3H3,(H,22,25)(H,23,24). The van der Waals surface area contributed by atoms with Crippen LogP contribution in [0, 0.1) is 0 Å². The van der Waals surface area contributed by atoms with Crippen molar-refractivity contribution in [3.05, 3.63) is 52.0 Å².